The van der Waals surface area contributed by atoms with Gasteiger partial charge >= 0.3 is 0 Å². The first-order valence-corrected chi connectivity index (χ1v) is 6.65. The average Bonchev–Trinajstić information content (AvgIpc) is 2.35. The van der Waals surface area contributed by atoms with Gasteiger partial charge in [-0.15, -0.1) is 0 Å². The van der Waals surface area contributed by atoms with E-state index in [1.54, 1.807) is 0 Å². The van der Waals surface area contributed by atoms with Crippen molar-refractivity contribution in [2.24, 2.45) is 5.50 Å². The number of hydrogen-bond donors (Lipinski definition) is 3. The van der Waals surface area contributed by atoms with Gasteiger partial charge in [-0.1, -0.05) is 36.4 Å². The molecule has 3 aromatic rings. The van der Waals surface area contributed by atoms with Gasteiger partial charge in [0.15, 0.2) is 0 Å². The van der Waals surface area contributed by atoms with E-state index in [1.165, 1.54) is 10.8 Å². The summed E-state index contributed by atoms with van der Waals surface area (Å²) in [5.41, 5.74) is 6.41. The molecule has 2 aromatic carbocycles. The molecule has 1 aromatic heterocycles. The summed E-state index contributed by atoms with van der Waals surface area (Å²) in [5.74, 6) is 0. The Bertz CT molecular complexity index is 551. The fraction of sp³-hybridized carbons (Fsp3) is 0. The van der Waals surface area contributed by atoms with Crippen molar-refractivity contribution in [1.82, 2.24) is 4.98 Å². The fourth-order valence-electron chi connectivity index (χ4n) is 1.72. The Hall–Kier alpha value is -1.58. The molecule has 1 heterocycles. The van der Waals surface area contributed by atoms with Crippen LogP contribution in [0.5, 0.6) is 0 Å². The van der Waals surface area contributed by atoms with Gasteiger partial charge in [-0.2, -0.15) is 0 Å². The molecule has 0 aliphatic rings. The summed E-state index contributed by atoms with van der Waals surface area (Å²) in [6, 6.07) is 18.6. The molecule has 4 nitrogen and oxygen atoms in total. The average molecular weight is 260 g/mol. The van der Waals surface area contributed by atoms with Crippen LogP contribution >= 0.6 is 8.53 Å². The Labute approximate surface area is 106 Å². The third-order valence-electron chi connectivity index (χ3n) is 2.43. The first-order valence-electron chi connectivity index (χ1n) is 5.34. The van der Waals surface area contributed by atoms with Gasteiger partial charge in [-0.25, -0.2) is 4.98 Å². The summed E-state index contributed by atoms with van der Waals surface area (Å²) in [4.78, 5) is 19.5. The molecule has 3 rings (SSSR count). The van der Waals surface area contributed by atoms with Crippen LogP contribution in [0.3, 0.4) is 0 Å². The van der Waals surface area contributed by atoms with Gasteiger partial charge in [0.05, 0.1) is 11.0 Å². The van der Waals surface area contributed by atoms with Crippen LogP contribution in [0.15, 0.2) is 54.6 Å². The van der Waals surface area contributed by atoms with Gasteiger partial charge in [-0.05, 0) is 18.2 Å². The van der Waals surface area contributed by atoms with Crippen molar-refractivity contribution < 1.29 is 9.79 Å². The van der Waals surface area contributed by atoms with Crippen molar-refractivity contribution in [3.8, 4) is 0 Å². The van der Waals surface area contributed by atoms with Crippen molar-refractivity contribution in [2.45, 2.75) is 0 Å². The molecule has 0 bridgehead atoms. The van der Waals surface area contributed by atoms with E-state index >= 15 is 0 Å². The van der Waals surface area contributed by atoms with Crippen LogP contribution < -0.4 is 5.50 Å². The van der Waals surface area contributed by atoms with Crippen molar-refractivity contribution in [2.75, 3.05) is 0 Å². The normalized spacial score (nSPS) is 10.4. The molecule has 0 aliphatic heterocycles. The van der Waals surface area contributed by atoms with Crippen LogP contribution in [0.1, 0.15) is 0 Å². The molecule has 0 radical (unpaired) electrons. The molecule has 0 spiro atoms. The monoisotopic (exact) mass is 260 g/mol. The van der Waals surface area contributed by atoms with E-state index in [4.69, 9.17) is 9.79 Å². The van der Waals surface area contributed by atoms with E-state index in [-0.39, 0.29) is 0 Å². The molecular weight excluding hydrogens is 247 g/mol. The van der Waals surface area contributed by atoms with E-state index in [2.05, 4.69) is 28.7 Å². The number of aromatic nitrogens is 1. The third-order valence-corrected chi connectivity index (χ3v) is 2.43. The Morgan fingerprint density at radius 1 is 0.833 bits per heavy atom. The van der Waals surface area contributed by atoms with Gasteiger partial charge in [0, 0.05) is 10.8 Å². The minimum Gasteiger partial charge on any atom is -0.338 e. The molecule has 5 heteroatoms. The third kappa shape index (κ3) is 3.22. The number of hydrogen-bond acceptors (Lipinski definition) is 4. The zero-order valence-corrected chi connectivity index (χ0v) is 10.5. The minimum atomic E-state index is -2.12. The topological polar surface area (TPSA) is 79.4 Å². The zero-order valence-electron chi connectivity index (χ0n) is 9.56. The first kappa shape index (κ1) is 12.9. The minimum absolute atomic E-state index is 1.06. The van der Waals surface area contributed by atoms with E-state index in [9.17, 15) is 0 Å². The second-order valence-corrected chi connectivity index (χ2v) is 4.33. The Balaban J connectivity index is 0.000000267. The number of benzene rings is 2. The SMILES string of the molecule is NP(O)O.c1ccc2nc3ccccc3cc2c1. The molecule has 18 heavy (non-hydrogen) atoms. The van der Waals surface area contributed by atoms with Gasteiger partial charge in [0.1, 0.15) is 0 Å². The van der Waals surface area contributed by atoms with E-state index < -0.39 is 8.53 Å². The predicted molar refractivity (Wildman–Crippen MR) is 74.8 cm³/mol. The number of pyridine rings is 1. The van der Waals surface area contributed by atoms with Crippen LogP contribution in [-0.2, 0) is 0 Å². The lowest BCUT2D eigenvalue weighted by Gasteiger charge is -1.99. The standard InChI is InChI=1S/C13H9N.H4NO2P/c1-3-7-12-10(5-1)9-11-6-2-4-8-13(11)14-12;1-4(2)3/h1-9H;2-3H,1H2. The Morgan fingerprint density at radius 3 is 1.67 bits per heavy atom. The van der Waals surface area contributed by atoms with E-state index in [0.29, 0.717) is 0 Å². The van der Waals surface area contributed by atoms with Crippen LogP contribution in [0.4, 0.5) is 0 Å². The molecule has 0 saturated heterocycles. The summed E-state index contributed by atoms with van der Waals surface area (Å²) in [6.45, 7) is 0. The second kappa shape index (κ2) is 5.85. The van der Waals surface area contributed by atoms with Crippen molar-refractivity contribution in [3.63, 3.8) is 0 Å². The molecule has 0 atom stereocenters. The number of fused-ring (bicyclic) bond motifs is 2. The molecule has 4 N–H and O–H groups in total. The number of para-hydroxylation sites is 2. The molecule has 92 valence electrons. The number of nitrogens with two attached hydrogens (primary N) is 1. The lowest BCUT2D eigenvalue weighted by atomic mass is 10.1. The lowest BCUT2D eigenvalue weighted by Crippen LogP contribution is -1.80. The molecule has 0 fully saturated rings. The Morgan fingerprint density at radius 2 is 1.22 bits per heavy atom. The van der Waals surface area contributed by atoms with Gasteiger partial charge in [0.25, 0.3) is 0 Å². The maximum Gasteiger partial charge on any atom is 0.247 e. The fourth-order valence-corrected chi connectivity index (χ4v) is 1.72. The van der Waals surface area contributed by atoms with Crippen molar-refractivity contribution >= 4 is 30.3 Å². The lowest BCUT2D eigenvalue weighted by molar-refractivity contribution is 0.485. The van der Waals surface area contributed by atoms with E-state index in [1.807, 2.05) is 36.4 Å². The quantitative estimate of drug-likeness (QED) is 0.428. The summed E-state index contributed by atoms with van der Waals surface area (Å²) in [5, 5.41) is 2.40. The summed E-state index contributed by atoms with van der Waals surface area (Å²) in [7, 11) is -2.12. The highest BCUT2D eigenvalue weighted by molar-refractivity contribution is 7.42. The van der Waals surface area contributed by atoms with Crippen molar-refractivity contribution in [1.29, 1.82) is 0 Å². The smallest absolute Gasteiger partial charge is 0.247 e. The van der Waals surface area contributed by atoms with Gasteiger partial charge in [-0.3, -0.25) is 5.50 Å². The maximum absolute atomic E-state index is 7.45. The summed E-state index contributed by atoms with van der Waals surface area (Å²) >= 11 is 0. The van der Waals surface area contributed by atoms with Crippen molar-refractivity contribution in [3.05, 3.63) is 54.6 Å². The highest BCUT2D eigenvalue weighted by Crippen LogP contribution is 2.18. The Kier molecular flexibility index (Phi) is 4.18. The number of rotatable bonds is 0. The molecule has 0 saturated carbocycles. The van der Waals surface area contributed by atoms with Crippen LogP contribution in [0.25, 0.3) is 21.8 Å². The maximum atomic E-state index is 7.45. The summed E-state index contributed by atoms with van der Waals surface area (Å²) in [6.07, 6.45) is 0. The van der Waals surface area contributed by atoms with Crippen LogP contribution in [0, 0.1) is 0 Å². The van der Waals surface area contributed by atoms with Gasteiger partial charge < -0.3 is 9.79 Å². The molecule has 0 aliphatic carbocycles. The predicted octanol–water partition coefficient (Wildman–Crippen LogP) is 2.54. The van der Waals surface area contributed by atoms with E-state index in [0.717, 1.165) is 11.0 Å². The van der Waals surface area contributed by atoms with Crippen LogP contribution in [-0.4, -0.2) is 14.8 Å². The summed E-state index contributed by atoms with van der Waals surface area (Å²) < 4.78 is 0. The molecule has 0 amide bonds. The second-order valence-electron chi connectivity index (χ2n) is 3.69. The van der Waals surface area contributed by atoms with Crippen LogP contribution in [0.2, 0.25) is 0 Å². The van der Waals surface area contributed by atoms with Gasteiger partial charge in [0.2, 0.25) is 8.53 Å². The highest BCUT2D eigenvalue weighted by atomic mass is 31.2. The largest absolute Gasteiger partial charge is 0.338 e. The zero-order chi connectivity index (χ0) is 13.0. The molecular formula is C13H13N2O2P. The first-order chi connectivity index (χ1) is 8.66. The highest BCUT2D eigenvalue weighted by Gasteiger charge is 1.96. The molecule has 0 unspecified atom stereocenters. The number of nitrogens with zero attached hydrogens (tertiary/aromatic N) is 1.